The van der Waals surface area contributed by atoms with Crippen molar-refractivity contribution in [1.82, 2.24) is 14.9 Å². The lowest BCUT2D eigenvalue weighted by Gasteiger charge is -2.34. The molecule has 33 heavy (non-hydrogen) atoms. The van der Waals surface area contributed by atoms with Gasteiger partial charge in [-0.15, -0.1) is 0 Å². The van der Waals surface area contributed by atoms with Crippen molar-refractivity contribution in [3.63, 3.8) is 0 Å². The van der Waals surface area contributed by atoms with E-state index < -0.39 is 50.5 Å². The molecular weight excluding hydrogens is 476 g/mol. The molecule has 0 aromatic heterocycles. The topological polar surface area (TPSA) is 78.5 Å². The monoisotopic (exact) mass is 501 g/mol. The molecule has 0 atom stereocenters. The Morgan fingerprint density at radius 2 is 1.55 bits per heavy atom. The maximum atomic E-state index is 13.0. The van der Waals surface area contributed by atoms with Crippen LogP contribution >= 0.6 is 0 Å². The SMILES string of the molecule is CS(=O)(=O)NC1(CN2CCC(CNC(=O)c3cc(C(F)(F)F)cc(C(F)(F)F)c3)CC2)CC1. The number of likely N-dealkylation sites (tertiary alicyclic amines) is 1. The Kier molecular flexibility index (Phi) is 7.07. The third-order valence-corrected chi connectivity index (χ3v) is 6.69. The summed E-state index contributed by atoms with van der Waals surface area (Å²) in [6, 6.07) is 0.811. The van der Waals surface area contributed by atoms with Crippen LogP contribution in [0.1, 0.15) is 47.2 Å². The minimum atomic E-state index is -5.02. The van der Waals surface area contributed by atoms with E-state index in [1.807, 2.05) is 0 Å². The number of alkyl halides is 6. The van der Waals surface area contributed by atoms with Gasteiger partial charge in [0.1, 0.15) is 0 Å². The number of piperidine rings is 1. The summed E-state index contributed by atoms with van der Waals surface area (Å²) in [5.41, 5.74) is -4.20. The van der Waals surface area contributed by atoms with Crippen LogP contribution in [0.3, 0.4) is 0 Å². The molecule has 186 valence electrons. The molecule has 1 aliphatic carbocycles. The lowest BCUT2D eigenvalue weighted by atomic mass is 9.96. The van der Waals surface area contributed by atoms with Gasteiger partial charge in [-0.25, -0.2) is 13.1 Å². The Labute approximate surface area is 187 Å². The first-order valence-electron chi connectivity index (χ1n) is 10.4. The van der Waals surface area contributed by atoms with Crippen LogP contribution in [0.15, 0.2) is 18.2 Å². The molecular formula is C20H25F6N3O3S. The van der Waals surface area contributed by atoms with E-state index in [2.05, 4.69) is 14.9 Å². The van der Waals surface area contributed by atoms with Crippen LogP contribution in [0.4, 0.5) is 26.3 Å². The molecule has 1 aliphatic heterocycles. The number of nitrogens with zero attached hydrogens (tertiary/aromatic N) is 1. The number of rotatable bonds is 7. The summed E-state index contributed by atoms with van der Waals surface area (Å²) in [5, 5.41) is 2.45. The molecule has 2 fully saturated rings. The predicted molar refractivity (Wildman–Crippen MR) is 108 cm³/mol. The highest BCUT2D eigenvalue weighted by molar-refractivity contribution is 7.88. The van der Waals surface area contributed by atoms with Gasteiger partial charge in [0.2, 0.25) is 10.0 Å². The van der Waals surface area contributed by atoms with Gasteiger partial charge >= 0.3 is 12.4 Å². The van der Waals surface area contributed by atoms with Crippen LogP contribution in [0.2, 0.25) is 0 Å². The second kappa shape index (κ2) is 9.06. The summed E-state index contributed by atoms with van der Waals surface area (Å²) < 4.78 is 104. The maximum absolute atomic E-state index is 13.0. The Morgan fingerprint density at radius 1 is 1.03 bits per heavy atom. The first kappa shape index (κ1) is 25.8. The third kappa shape index (κ3) is 7.31. The number of benzene rings is 1. The fourth-order valence-electron chi connectivity index (χ4n) is 4.04. The van der Waals surface area contributed by atoms with Crippen LogP contribution in [0.25, 0.3) is 0 Å². The van der Waals surface area contributed by atoms with Crippen molar-refractivity contribution in [1.29, 1.82) is 0 Å². The number of nitrogens with one attached hydrogen (secondary N) is 2. The van der Waals surface area contributed by atoms with Gasteiger partial charge in [0, 0.05) is 24.2 Å². The molecule has 2 aliphatic rings. The average Bonchev–Trinajstić information content (AvgIpc) is 3.42. The summed E-state index contributed by atoms with van der Waals surface area (Å²) >= 11 is 0. The number of hydrogen-bond donors (Lipinski definition) is 2. The van der Waals surface area contributed by atoms with Crippen LogP contribution < -0.4 is 10.0 Å². The molecule has 1 amide bonds. The molecule has 0 unspecified atom stereocenters. The highest BCUT2D eigenvalue weighted by atomic mass is 32.2. The molecule has 6 nitrogen and oxygen atoms in total. The van der Waals surface area contributed by atoms with Gasteiger partial charge in [-0.1, -0.05) is 0 Å². The van der Waals surface area contributed by atoms with E-state index in [0.717, 1.165) is 19.1 Å². The first-order chi connectivity index (χ1) is 15.1. The van der Waals surface area contributed by atoms with Crippen LogP contribution in [-0.2, 0) is 22.4 Å². The number of amides is 1. The molecule has 1 aromatic rings. The van der Waals surface area contributed by atoms with Crippen molar-refractivity contribution in [2.45, 2.75) is 43.6 Å². The minimum absolute atomic E-state index is 0.0103. The lowest BCUT2D eigenvalue weighted by molar-refractivity contribution is -0.143. The highest BCUT2D eigenvalue weighted by Crippen LogP contribution is 2.38. The van der Waals surface area contributed by atoms with Crippen molar-refractivity contribution in [3.8, 4) is 0 Å². The van der Waals surface area contributed by atoms with E-state index in [9.17, 15) is 39.6 Å². The molecule has 1 heterocycles. The normalized spacial score (nSPS) is 20.0. The summed E-state index contributed by atoms with van der Waals surface area (Å²) in [5.74, 6) is -0.987. The number of carbonyl (C=O) groups is 1. The molecule has 3 rings (SSSR count). The van der Waals surface area contributed by atoms with Crippen LogP contribution in [0.5, 0.6) is 0 Å². The molecule has 2 N–H and O–H groups in total. The zero-order chi connectivity index (χ0) is 24.7. The van der Waals surface area contributed by atoms with E-state index in [1.54, 1.807) is 0 Å². The lowest BCUT2D eigenvalue weighted by Crippen LogP contribution is -2.48. The molecule has 1 saturated carbocycles. The zero-order valence-corrected chi connectivity index (χ0v) is 18.6. The number of sulfonamides is 1. The fraction of sp³-hybridized carbons (Fsp3) is 0.650. The highest BCUT2D eigenvalue weighted by Gasteiger charge is 2.46. The van der Waals surface area contributed by atoms with Gasteiger partial charge < -0.3 is 10.2 Å². The van der Waals surface area contributed by atoms with Crippen molar-refractivity contribution < 1.29 is 39.6 Å². The van der Waals surface area contributed by atoms with E-state index >= 15 is 0 Å². The van der Waals surface area contributed by atoms with Gasteiger partial charge in [0.05, 0.1) is 17.4 Å². The Hall–Kier alpha value is -1.86. The smallest absolute Gasteiger partial charge is 0.352 e. The summed E-state index contributed by atoms with van der Waals surface area (Å²) in [4.78, 5) is 14.4. The summed E-state index contributed by atoms with van der Waals surface area (Å²) in [7, 11) is -3.32. The molecule has 0 spiro atoms. The summed E-state index contributed by atoms with van der Waals surface area (Å²) in [6.07, 6.45) is -6.09. The Balaban J connectivity index is 1.55. The second-order valence-corrected chi connectivity index (χ2v) is 10.6. The van der Waals surface area contributed by atoms with E-state index in [-0.39, 0.29) is 18.5 Å². The van der Waals surface area contributed by atoms with Gasteiger partial charge in [-0.05, 0) is 62.9 Å². The van der Waals surface area contributed by atoms with Gasteiger partial charge in [0.25, 0.3) is 5.91 Å². The zero-order valence-electron chi connectivity index (χ0n) is 17.8. The van der Waals surface area contributed by atoms with Gasteiger partial charge in [-0.2, -0.15) is 26.3 Å². The first-order valence-corrected chi connectivity index (χ1v) is 12.2. The Morgan fingerprint density at radius 3 is 1.97 bits per heavy atom. The summed E-state index contributed by atoms with van der Waals surface area (Å²) in [6.45, 7) is 1.99. The molecule has 0 radical (unpaired) electrons. The van der Waals surface area contributed by atoms with E-state index in [1.165, 1.54) is 0 Å². The van der Waals surface area contributed by atoms with Crippen molar-refractivity contribution in [3.05, 3.63) is 34.9 Å². The largest absolute Gasteiger partial charge is 0.416 e. The van der Waals surface area contributed by atoms with Gasteiger partial charge in [0.15, 0.2) is 0 Å². The minimum Gasteiger partial charge on any atom is -0.352 e. The quantitative estimate of drug-likeness (QED) is 0.563. The van der Waals surface area contributed by atoms with E-state index in [4.69, 9.17) is 0 Å². The number of halogens is 6. The van der Waals surface area contributed by atoms with Crippen LogP contribution in [0, 0.1) is 5.92 Å². The molecule has 13 heteroatoms. The number of hydrogen-bond acceptors (Lipinski definition) is 4. The second-order valence-electron chi connectivity index (χ2n) is 8.88. The standard InChI is InChI=1S/C20H25F6N3O3S/c1-33(31,32)28-18(4-5-18)12-29-6-2-13(3-7-29)11-27-17(30)14-8-15(19(21,22)23)10-16(9-14)20(24,25)26/h8-10,13,28H,2-7,11-12H2,1H3,(H,27,30). The molecule has 1 aromatic carbocycles. The average molecular weight is 501 g/mol. The molecule has 1 saturated heterocycles. The Bertz CT molecular complexity index is 949. The van der Waals surface area contributed by atoms with E-state index in [0.29, 0.717) is 44.6 Å². The van der Waals surface area contributed by atoms with Crippen LogP contribution in [-0.4, -0.2) is 57.2 Å². The maximum Gasteiger partial charge on any atom is 0.416 e. The van der Waals surface area contributed by atoms with Crippen molar-refractivity contribution >= 4 is 15.9 Å². The van der Waals surface area contributed by atoms with Crippen molar-refractivity contribution in [2.75, 3.05) is 32.4 Å². The number of carbonyl (C=O) groups excluding carboxylic acids is 1. The predicted octanol–water partition coefficient (Wildman–Crippen LogP) is 3.25. The van der Waals surface area contributed by atoms with Crippen molar-refractivity contribution in [2.24, 2.45) is 5.92 Å². The fourth-order valence-corrected chi connectivity index (χ4v) is 5.09. The third-order valence-electron chi connectivity index (χ3n) is 5.89. The molecule has 0 bridgehead atoms. The van der Waals surface area contributed by atoms with Gasteiger partial charge in [-0.3, -0.25) is 4.79 Å².